The molecule has 1 aromatic heterocycles. The maximum absolute atomic E-state index is 12.2. The zero-order valence-electron chi connectivity index (χ0n) is 13.6. The summed E-state index contributed by atoms with van der Waals surface area (Å²) in [6.07, 6.45) is 2.89. The Balaban J connectivity index is 2.01. The van der Waals surface area contributed by atoms with E-state index in [1.807, 2.05) is 45.0 Å². The van der Waals surface area contributed by atoms with Crippen LogP contribution in [0.2, 0.25) is 0 Å². The van der Waals surface area contributed by atoms with E-state index >= 15 is 0 Å². The van der Waals surface area contributed by atoms with Gasteiger partial charge in [-0.25, -0.2) is 4.98 Å². The number of likely N-dealkylation sites (N-methyl/N-ethyl adjacent to an activating group) is 1. The van der Waals surface area contributed by atoms with Crippen LogP contribution in [0.25, 0.3) is 17.2 Å². The number of carbonyl (C=O) groups is 2. The van der Waals surface area contributed by atoms with Crippen LogP contribution in [-0.4, -0.2) is 40.8 Å². The van der Waals surface area contributed by atoms with Crippen molar-refractivity contribution in [3.05, 3.63) is 36.2 Å². The van der Waals surface area contributed by atoms with E-state index in [2.05, 4.69) is 10.3 Å². The van der Waals surface area contributed by atoms with Gasteiger partial charge in [0, 0.05) is 24.7 Å². The summed E-state index contributed by atoms with van der Waals surface area (Å²) in [6, 6.07) is 7.43. The van der Waals surface area contributed by atoms with E-state index in [1.165, 1.54) is 17.1 Å². The Morgan fingerprint density at radius 2 is 2.09 bits per heavy atom. The molecule has 0 atom stereocenters. The van der Waals surface area contributed by atoms with Crippen LogP contribution in [0.1, 0.15) is 26.7 Å². The summed E-state index contributed by atoms with van der Waals surface area (Å²) in [5.41, 5.74) is 1.41. The van der Waals surface area contributed by atoms with Gasteiger partial charge in [-0.05, 0) is 32.9 Å². The fraction of sp³-hybridized carbons (Fsp3) is 0.353. The van der Waals surface area contributed by atoms with Crippen molar-refractivity contribution in [1.29, 1.82) is 0 Å². The molecule has 2 aromatic rings. The summed E-state index contributed by atoms with van der Waals surface area (Å²) in [7, 11) is 0. The number of aromatic nitrogens is 1. The van der Waals surface area contributed by atoms with E-state index in [0.29, 0.717) is 18.0 Å². The third kappa shape index (κ3) is 4.67. The molecule has 0 bridgehead atoms. The summed E-state index contributed by atoms with van der Waals surface area (Å²) in [5, 5.41) is 2.77. The minimum atomic E-state index is -0.256. The van der Waals surface area contributed by atoms with Crippen molar-refractivity contribution < 1.29 is 14.0 Å². The lowest BCUT2D eigenvalue weighted by Gasteiger charge is -2.19. The highest BCUT2D eigenvalue weighted by atomic mass is 16.3. The number of hydrogen-bond acceptors (Lipinski definition) is 4. The molecule has 0 aliphatic rings. The monoisotopic (exact) mass is 315 g/mol. The van der Waals surface area contributed by atoms with Gasteiger partial charge in [-0.2, -0.15) is 0 Å². The SMILES string of the molecule is CCN(CC(=O)NC(C)C)C(=O)/C=C/c1nc2ccccc2o1. The Morgan fingerprint density at radius 1 is 1.35 bits per heavy atom. The third-order valence-electron chi connectivity index (χ3n) is 3.16. The highest BCUT2D eigenvalue weighted by molar-refractivity contribution is 5.94. The zero-order valence-corrected chi connectivity index (χ0v) is 13.6. The minimum absolute atomic E-state index is 0.0331. The fourth-order valence-electron chi connectivity index (χ4n) is 2.10. The van der Waals surface area contributed by atoms with Gasteiger partial charge in [-0.3, -0.25) is 9.59 Å². The molecule has 6 nitrogen and oxygen atoms in total. The van der Waals surface area contributed by atoms with Crippen LogP contribution in [0.15, 0.2) is 34.8 Å². The molecule has 122 valence electrons. The van der Waals surface area contributed by atoms with Gasteiger partial charge in [0.1, 0.15) is 5.52 Å². The van der Waals surface area contributed by atoms with Crippen LogP contribution in [0.4, 0.5) is 0 Å². The highest BCUT2D eigenvalue weighted by Crippen LogP contribution is 2.15. The molecule has 0 aliphatic heterocycles. The molecule has 2 rings (SSSR count). The van der Waals surface area contributed by atoms with E-state index in [0.717, 1.165) is 5.52 Å². The number of nitrogens with one attached hydrogen (secondary N) is 1. The number of fused-ring (bicyclic) bond motifs is 1. The van der Waals surface area contributed by atoms with Crippen LogP contribution in [0, 0.1) is 0 Å². The zero-order chi connectivity index (χ0) is 16.8. The molecule has 1 N–H and O–H groups in total. The topological polar surface area (TPSA) is 75.4 Å². The van der Waals surface area contributed by atoms with Crippen molar-refractivity contribution in [1.82, 2.24) is 15.2 Å². The van der Waals surface area contributed by atoms with E-state index in [4.69, 9.17) is 4.42 Å². The fourth-order valence-corrected chi connectivity index (χ4v) is 2.10. The lowest BCUT2D eigenvalue weighted by atomic mass is 10.3. The maximum atomic E-state index is 12.2. The average Bonchev–Trinajstić information content (AvgIpc) is 2.92. The molecule has 1 heterocycles. The van der Waals surface area contributed by atoms with Crippen LogP contribution in [0.5, 0.6) is 0 Å². The standard InChI is InChI=1S/C17H21N3O3/c1-4-20(11-15(21)18-12(2)3)17(22)10-9-16-19-13-7-5-6-8-14(13)23-16/h5-10,12H,4,11H2,1-3H3,(H,18,21)/b10-9+. The van der Waals surface area contributed by atoms with Crippen molar-refractivity contribution in [2.45, 2.75) is 26.8 Å². The molecule has 0 saturated heterocycles. The van der Waals surface area contributed by atoms with Gasteiger partial charge in [0.25, 0.3) is 0 Å². The summed E-state index contributed by atoms with van der Waals surface area (Å²) in [5.74, 6) is -0.0682. The molecule has 0 saturated carbocycles. The quantitative estimate of drug-likeness (QED) is 0.829. The Hall–Kier alpha value is -2.63. The molecular weight excluding hydrogens is 294 g/mol. The van der Waals surface area contributed by atoms with Crippen molar-refractivity contribution in [2.75, 3.05) is 13.1 Å². The van der Waals surface area contributed by atoms with Crippen LogP contribution in [-0.2, 0) is 9.59 Å². The third-order valence-corrected chi connectivity index (χ3v) is 3.16. The minimum Gasteiger partial charge on any atom is -0.437 e. The number of nitrogens with zero attached hydrogens (tertiary/aromatic N) is 2. The normalized spacial score (nSPS) is 11.3. The summed E-state index contributed by atoms with van der Waals surface area (Å²) in [4.78, 5) is 29.7. The lowest BCUT2D eigenvalue weighted by molar-refractivity contribution is -0.132. The van der Waals surface area contributed by atoms with Crippen LogP contribution < -0.4 is 5.32 Å². The molecule has 1 aromatic carbocycles. The number of carbonyl (C=O) groups excluding carboxylic acids is 2. The molecule has 2 amide bonds. The predicted molar refractivity (Wildman–Crippen MR) is 88.6 cm³/mol. The molecular formula is C17H21N3O3. The summed E-state index contributed by atoms with van der Waals surface area (Å²) < 4.78 is 5.52. The lowest BCUT2D eigenvalue weighted by Crippen LogP contribution is -2.42. The molecule has 0 aliphatic carbocycles. The Kier molecular flexibility index (Phi) is 5.51. The number of para-hydroxylation sites is 2. The maximum Gasteiger partial charge on any atom is 0.247 e. The molecule has 23 heavy (non-hydrogen) atoms. The number of hydrogen-bond donors (Lipinski definition) is 1. The molecule has 0 radical (unpaired) electrons. The van der Waals surface area contributed by atoms with Gasteiger partial charge < -0.3 is 14.6 Å². The first-order chi connectivity index (χ1) is 11.0. The van der Waals surface area contributed by atoms with E-state index < -0.39 is 0 Å². The number of oxazole rings is 1. The smallest absolute Gasteiger partial charge is 0.247 e. The summed E-state index contributed by atoms with van der Waals surface area (Å²) >= 11 is 0. The van der Waals surface area contributed by atoms with Crippen molar-refractivity contribution in [3.8, 4) is 0 Å². The van der Waals surface area contributed by atoms with Gasteiger partial charge >= 0.3 is 0 Å². The summed E-state index contributed by atoms with van der Waals surface area (Å²) in [6.45, 7) is 6.06. The van der Waals surface area contributed by atoms with Gasteiger partial charge in [0.2, 0.25) is 17.7 Å². The number of rotatable bonds is 6. The van der Waals surface area contributed by atoms with Gasteiger partial charge in [0.05, 0.1) is 6.54 Å². The number of amides is 2. The van der Waals surface area contributed by atoms with Crippen molar-refractivity contribution in [2.24, 2.45) is 0 Å². The predicted octanol–water partition coefficient (Wildman–Crippen LogP) is 2.21. The second-order valence-corrected chi connectivity index (χ2v) is 5.43. The van der Waals surface area contributed by atoms with Crippen LogP contribution >= 0.6 is 0 Å². The average molecular weight is 315 g/mol. The van der Waals surface area contributed by atoms with E-state index in [-0.39, 0.29) is 24.4 Å². The molecule has 6 heteroatoms. The van der Waals surface area contributed by atoms with Gasteiger partial charge in [-0.1, -0.05) is 12.1 Å². The highest BCUT2D eigenvalue weighted by Gasteiger charge is 2.14. The van der Waals surface area contributed by atoms with Gasteiger partial charge in [-0.15, -0.1) is 0 Å². The Bertz CT molecular complexity index is 686. The largest absolute Gasteiger partial charge is 0.437 e. The molecule has 0 fully saturated rings. The number of benzene rings is 1. The van der Waals surface area contributed by atoms with Gasteiger partial charge in [0.15, 0.2) is 5.58 Å². The first kappa shape index (κ1) is 16.7. The molecule has 0 spiro atoms. The second kappa shape index (κ2) is 7.58. The molecule has 0 unspecified atom stereocenters. The van der Waals surface area contributed by atoms with Crippen molar-refractivity contribution in [3.63, 3.8) is 0 Å². The van der Waals surface area contributed by atoms with Crippen molar-refractivity contribution >= 4 is 29.0 Å². The van der Waals surface area contributed by atoms with E-state index in [1.54, 1.807) is 0 Å². The first-order valence-electron chi connectivity index (χ1n) is 7.61. The first-order valence-corrected chi connectivity index (χ1v) is 7.61. The van der Waals surface area contributed by atoms with Crippen LogP contribution in [0.3, 0.4) is 0 Å². The van der Waals surface area contributed by atoms with E-state index in [9.17, 15) is 9.59 Å². The Morgan fingerprint density at radius 3 is 2.74 bits per heavy atom. The second-order valence-electron chi connectivity index (χ2n) is 5.43. The Labute approximate surface area is 135 Å².